The van der Waals surface area contributed by atoms with Crippen molar-refractivity contribution in [2.24, 2.45) is 21.1 Å². The fourth-order valence-electron chi connectivity index (χ4n) is 5.16. The van der Waals surface area contributed by atoms with Gasteiger partial charge in [-0.1, -0.05) is 30.3 Å². The van der Waals surface area contributed by atoms with Crippen LogP contribution in [0.1, 0.15) is 11.1 Å². The van der Waals surface area contributed by atoms with Crippen LogP contribution in [0.2, 0.25) is 0 Å². The van der Waals surface area contributed by atoms with Gasteiger partial charge >= 0.3 is 5.82 Å². The van der Waals surface area contributed by atoms with Gasteiger partial charge in [0.2, 0.25) is 11.5 Å². The van der Waals surface area contributed by atoms with E-state index in [2.05, 4.69) is 131 Å². The van der Waals surface area contributed by atoms with Crippen LogP contribution < -0.4 is 9.13 Å². The van der Waals surface area contributed by atoms with Gasteiger partial charge < -0.3 is 4.57 Å². The molecule has 0 fully saturated rings. The van der Waals surface area contributed by atoms with Gasteiger partial charge in [0.25, 0.3) is 5.69 Å². The zero-order chi connectivity index (χ0) is 23.6. The molecular formula is C28H28N6+2. The number of imidazole rings is 3. The van der Waals surface area contributed by atoms with Crippen LogP contribution in [0.25, 0.3) is 45.4 Å². The van der Waals surface area contributed by atoms with Gasteiger partial charge in [-0.25, -0.2) is 9.55 Å². The zero-order valence-electron chi connectivity index (χ0n) is 20.2. The van der Waals surface area contributed by atoms with Crippen LogP contribution in [0, 0.1) is 13.8 Å². The number of aromatic nitrogens is 6. The first-order valence-electron chi connectivity index (χ1n) is 11.5. The molecule has 6 heteroatoms. The highest BCUT2D eigenvalue weighted by atomic mass is 15.2. The first-order chi connectivity index (χ1) is 16.5. The lowest BCUT2D eigenvalue weighted by Crippen LogP contribution is -2.40. The zero-order valence-corrected chi connectivity index (χ0v) is 20.2. The van der Waals surface area contributed by atoms with E-state index in [1.54, 1.807) is 0 Å². The topological polar surface area (TPSA) is 34.9 Å². The average molecular weight is 449 g/mol. The van der Waals surface area contributed by atoms with E-state index in [0.29, 0.717) is 0 Å². The lowest BCUT2D eigenvalue weighted by Gasteiger charge is -2.09. The van der Waals surface area contributed by atoms with Crippen molar-refractivity contribution < 1.29 is 9.13 Å². The molecular weight excluding hydrogens is 420 g/mol. The lowest BCUT2D eigenvalue weighted by atomic mass is 10.1. The molecule has 0 amide bonds. The minimum Gasteiger partial charge on any atom is -0.308 e. The molecule has 0 saturated heterocycles. The second-order valence-corrected chi connectivity index (χ2v) is 9.04. The minimum absolute atomic E-state index is 0.936. The second-order valence-electron chi connectivity index (χ2n) is 9.04. The van der Waals surface area contributed by atoms with Crippen molar-refractivity contribution in [3.63, 3.8) is 0 Å². The Morgan fingerprint density at radius 2 is 1.53 bits per heavy atom. The Hall–Kier alpha value is -4.19. The first kappa shape index (κ1) is 20.4. The molecule has 0 radical (unpaired) electrons. The van der Waals surface area contributed by atoms with Gasteiger partial charge in [-0.15, -0.1) is 0 Å². The van der Waals surface area contributed by atoms with Gasteiger partial charge in [-0.2, -0.15) is 9.13 Å². The number of hydrogen-bond acceptors (Lipinski definition) is 1. The summed E-state index contributed by atoms with van der Waals surface area (Å²) in [5.74, 6) is 2.07. The molecule has 4 aromatic heterocycles. The predicted molar refractivity (Wildman–Crippen MR) is 134 cm³/mol. The van der Waals surface area contributed by atoms with E-state index >= 15 is 0 Å². The number of aryl methyl sites for hydroxylation is 4. The molecule has 34 heavy (non-hydrogen) atoms. The molecule has 0 unspecified atom stereocenters. The standard InChI is InChI=1S/C28H28N6/c1-19-10-8-11-20(2)26(19)33-17-16-30(3)27(33)24-15-9-14-23(31(24)4)25-18-34-22-13-7-6-12-21(22)29-28(34)32(25)5/h6-18H,1-5H3/q+2. The highest BCUT2D eigenvalue weighted by molar-refractivity contribution is 5.81. The summed E-state index contributed by atoms with van der Waals surface area (Å²) in [5, 5.41) is 0. The van der Waals surface area contributed by atoms with Crippen LogP contribution in [-0.4, -0.2) is 18.5 Å². The molecule has 6 rings (SSSR count). The van der Waals surface area contributed by atoms with Crippen LogP contribution in [0.3, 0.4) is 0 Å². The lowest BCUT2D eigenvalue weighted by molar-refractivity contribution is -0.685. The average Bonchev–Trinajstić information content (AvgIpc) is 3.47. The summed E-state index contributed by atoms with van der Waals surface area (Å²) in [4.78, 5) is 4.86. The molecule has 0 bridgehead atoms. The third kappa shape index (κ3) is 2.85. The molecule has 0 spiro atoms. The maximum Gasteiger partial charge on any atom is 0.359 e. The highest BCUT2D eigenvalue weighted by Crippen LogP contribution is 2.27. The quantitative estimate of drug-likeness (QED) is 0.374. The van der Waals surface area contributed by atoms with E-state index in [9.17, 15) is 0 Å². The number of benzene rings is 2. The number of para-hydroxylation sites is 3. The maximum absolute atomic E-state index is 4.86. The molecule has 168 valence electrons. The molecule has 0 aliphatic rings. The maximum atomic E-state index is 4.86. The third-order valence-corrected chi connectivity index (χ3v) is 6.89. The summed E-state index contributed by atoms with van der Waals surface area (Å²) < 4.78 is 11.1. The van der Waals surface area contributed by atoms with Crippen molar-refractivity contribution >= 4 is 16.8 Å². The van der Waals surface area contributed by atoms with Gasteiger partial charge in [0.05, 0.1) is 18.1 Å². The Labute approximate surface area is 198 Å². The summed E-state index contributed by atoms with van der Waals surface area (Å²) in [7, 11) is 6.33. The van der Waals surface area contributed by atoms with Crippen LogP contribution in [0.4, 0.5) is 0 Å². The van der Waals surface area contributed by atoms with Crippen LogP contribution in [0.5, 0.6) is 0 Å². The predicted octanol–water partition coefficient (Wildman–Crippen LogP) is 4.22. The monoisotopic (exact) mass is 448 g/mol. The van der Waals surface area contributed by atoms with Gasteiger partial charge in [0, 0.05) is 25.4 Å². The molecule has 6 aromatic rings. The van der Waals surface area contributed by atoms with Crippen molar-refractivity contribution in [2.75, 3.05) is 0 Å². The first-order valence-corrected chi connectivity index (χ1v) is 11.5. The number of rotatable bonds is 3. The summed E-state index contributed by atoms with van der Waals surface area (Å²) in [5.41, 5.74) is 9.25. The highest BCUT2D eigenvalue weighted by Gasteiger charge is 2.30. The van der Waals surface area contributed by atoms with Crippen molar-refractivity contribution in [3.05, 3.63) is 90.4 Å². The molecule has 0 saturated carbocycles. The van der Waals surface area contributed by atoms with Crippen molar-refractivity contribution in [1.29, 1.82) is 0 Å². The number of hydrogen-bond donors (Lipinski definition) is 0. The molecule has 2 aromatic carbocycles. The van der Waals surface area contributed by atoms with Crippen LogP contribution in [0.15, 0.2) is 79.3 Å². The smallest absolute Gasteiger partial charge is 0.308 e. The number of fused-ring (bicyclic) bond motifs is 3. The Kier molecular flexibility index (Phi) is 4.45. The fraction of sp³-hybridized carbons (Fsp3) is 0.179. The Bertz CT molecular complexity index is 1690. The molecule has 0 aliphatic carbocycles. The summed E-state index contributed by atoms with van der Waals surface area (Å²) in [6, 6.07) is 21.2. The molecule has 0 N–H and O–H groups in total. The minimum atomic E-state index is 0.936. The van der Waals surface area contributed by atoms with Crippen molar-refractivity contribution in [2.45, 2.75) is 13.8 Å². The fourth-order valence-corrected chi connectivity index (χ4v) is 5.16. The summed E-state index contributed by atoms with van der Waals surface area (Å²) in [6.07, 6.45) is 6.46. The van der Waals surface area contributed by atoms with Gasteiger partial charge in [-0.05, 0) is 43.2 Å². The number of nitrogens with zero attached hydrogens (tertiary/aromatic N) is 6. The molecule has 4 heterocycles. The second kappa shape index (κ2) is 7.42. The van der Waals surface area contributed by atoms with E-state index < -0.39 is 0 Å². The Morgan fingerprint density at radius 1 is 0.824 bits per heavy atom. The van der Waals surface area contributed by atoms with Crippen molar-refractivity contribution in [1.82, 2.24) is 18.5 Å². The van der Waals surface area contributed by atoms with Crippen molar-refractivity contribution in [3.8, 4) is 28.6 Å². The van der Waals surface area contributed by atoms with Gasteiger partial charge in [0.15, 0.2) is 0 Å². The largest absolute Gasteiger partial charge is 0.359 e. The molecule has 6 nitrogen and oxygen atoms in total. The van der Waals surface area contributed by atoms with E-state index in [1.807, 2.05) is 6.07 Å². The van der Waals surface area contributed by atoms with E-state index in [4.69, 9.17) is 4.98 Å². The van der Waals surface area contributed by atoms with E-state index in [1.165, 1.54) is 16.8 Å². The third-order valence-electron chi connectivity index (χ3n) is 6.89. The van der Waals surface area contributed by atoms with E-state index in [-0.39, 0.29) is 0 Å². The molecule has 0 atom stereocenters. The van der Waals surface area contributed by atoms with Crippen LogP contribution >= 0.6 is 0 Å². The summed E-state index contributed by atoms with van der Waals surface area (Å²) in [6.45, 7) is 4.35. The van der Waals surface area contributed by atoms with E-state index in [0.717, 1.165) is 39.7 Å². The molecule has 0 aliphatic heterocycles. The normalized spacial score (nSPS) is 11.7. The van der Waals surface area contributed by atoms with Gasteiger partial charge in [0.1, 0.15) is 30.8 Å². The summed E-state index contributed by atoms with van der Waals surface area (Å²) >= 11 is 0. The SMILES string of the molecule is Cc1cccc(C)c1-n1cc[n+](C)c1-c1cccc(-c2cn3c4ccccc4nc3n2C)[n+]1C. The van der Waals surface area contributed by atoms with Gasteiger partial charge in [-0.3, -0.25) is 4.40 Å². The Balaban J connectivity index is 1.57. The Morgan fingerprint density at radius 3 is 2.32 bits per heavy atom. The number of pyridine rings is 1. The van der Waals surface area contributed by atoms with Crippen LogP contribution in [-0.2, 0) is 21.1 Å².